The van der Waals surface area contributed by atoms with Gasteiger partial charge in [0.25, 0.3) is 0 Å². The van der Waals surface area contributed by atoms with Gasteiger partial charge in [-0.2, -0.15) is 0 Å². The van der Waals surface area contributed by atoms with Crippen molar-refractivity contribution in [1.82, 2.24) is 14.6 Å². The Morgan fingerprint density at radius 1 is 1.17 bits per heavy atom. The number of anilines is 1. The molecule has 0 saturated carbocycles. The van der Waals surface area contributed by atoms with E-state index in [2.05, 4.69) is 26.1 Å². The molecule has 0 saturated heterocycles. The van der Waals surface area contributed by atoms with Crippen molar-refractivity contribution in [3.8, 4) is 11.4 Å². The second kappa shape index (κ2) is 4.26. The van der Waals surface area contributed by atoms with Gasteiger partial charge in [0.15, 0.2) is 11.5 Å². The van der Waals surface area contributed by atoms with Gasteiger partial charge in [0.1, 0.15) is 0 Å². The van der Waals surface area contributed by atoms with Crippen molar-refractivity contribution in [2.45, 2.75) is 0 Å². The average molecular weight is 324 g/mol. The number of fused-ring (bicyclic) bond motifs is 1. The molecule has 0 aliphatic heterocycles. The van der Waals surface area contributed by atoms with Crippen LogP contribution in [0.25, 0.3) is 17.0 Å². The van der Waals surface area contributed by atoms with Gasteiger partial charge < -0.3 is 5.73 Å². The van der Waals surface area contributed by atoms with Crippen LogP contribution in [-0.2, 0) is 0 Å². The average Bonchev–Trinajstić information content (AvgIpc) is 2.75. The van der Waals surface area contributed by atoms with E-state index in [0.29, 0.717) is 16.5 Å². The highest BCUT2D eigenvalue weighted by Crippen LogP contribution is 2.32. The largest absolute Gasteiger partial charge is 0.398 e. The van der Waals surface area contributed by atoms with Gasteiger partial charge in [-0.3, -0.25) is 4.40 Å². The lowest BCUT2D eigenvalue weighted by molar-refractivity contribution is 1.11. The fraction of sp³-hybridized carbons (Fsp3) is 0. The molecule has 2 N–H and O–H groups in total. The number of hydrogen-bond acceptors (Lipinski definition) is 3. The summed E-state index contributed by atoms with van der Waals surface area (Å²) < 4.78 is 2.64. The van der Waals surface area contributed by atoms with Crippen LogP contribution in [0.4, 0.5) is 5.69 Å². The molecule has 3 rings (SSSR count). The first-order chi connectivity index (χ1) is 8.66. The summed E-state index contributed by atoms with van der Waals surface area (Å²) in [5, 5.41) is 8.86. The number of aromatic nitrogens is 3. The zero-order valence-electron chi connectivity index (χ0n) is 9.14. The number of nitrogens with two attached hydrogens (primary N) is 1. The minimum absolute atomic E-state index is 0.606. The predicted molar refractivity (Wildman–Crippen MR) is 75.5 cm³/mol. The van der Waals surface area contributed by atoms with Gasteiger partial charge in [0.05, 0.1) is 5.02 Å². The summed E-state index contributed by atoms with van der Waals surface area (Å²) in [5.41, 5.74) is 7.97. The Kier molecular flexibility index (Phi) is 2.72. The van der Waals surface area contributed by atoms with E-state index in [9.17, 15) is 0 Å². The smallest absolute Gasteiger partial charge is 0.169 e. The van der Waals surface area contributed by atoms with Crippen LogP contribution in [0.1, 0.15) is 0 Å². The maximum absolute atomic E-state index is 6.27. The van der Waals surface area contributed by atoms with Crippen LogP contribution in [-0.4, -0.2) is 14.6 Å². The highest BCUT2D eigenvalue weighted by molar-refractivity contribution is 9.10. The topological polar surface area (TPSA) is 56.2 Å². The Morgan fingerprint density at radius 3 is 2.83 bits per heavy atom. The zero-order valence-corrected chi connectivity index (χ0v) is 11.5. The molecule has 0 spiro atoms. The molecule has 4 nitrogen and oxygen atoms in total. The molecule has 3 aromatic rings. The Morgan fingerprint density at radius 2 is 2.00 bits per heavy atom. The van der Waals surface area contributed by atoms with Crippen LogP contribution in [0, 0.1) is 0 Å². The number of halogens is 2. The van der Waals surface area contributed by atoms with Crippen molar-refractivity contribution < 1.29 is 0 Å². The number of pyridine rings is 1. The van der Waals surface area contributed by atoms with E-state index in [1.165, 1.54) is 0 Å². The molecule has 18 heavy (non-hydrogen) atoms. The summed E-state index contributed by atoms with van der Waals surface area (Å²) in [6, 6.07) is 9.28. The van der Waals surface area contributed by atoms with Crippen molar-refractivity contribution in [2.75, 3.05) is 5.73 Å². The Hall–Kier alpha value is -1.59. The lowest BCUT2D eigenvalue weighted by Crippen LogP contribution is -1.93. The fourth-order valence-corrected chi connectivity index (χ4v) is 2.34. The highest BCUT2D eigenvalue weighted by Gasteiger charge is 2.13. The van der Waals surface area contributed by atoms with Gasteiger partial charge >= 0.3 is 0 Å². The SMILES string of the molecule is Nc1ccc2nnc(-c3cccc(Br)c3Cl)n2c1. The molecule has 0 amide bonds. The number of nitrogens with zero attached hydrogens (tertiary/aromatic N) is 3. The van der Waals surface area contributed by atoms with Gasteiger partial charge in [-0.1, -0.05) is 17.7 Å². The molecule has 6 heteroatoms. The first-order valence-corrected chi connectivity index (χ1v) is 6.38. The number of rotatable bonds is 1. The van der Waals surface area contributed by atoms with Gasteiger partial charge in [-0.25, -0.2) is 0 Å². The Bertz CT molecular complexity index is 738. The molecule has 0 aliphatic carbocycles. The summed E-state index contributed by atoms with van der Waals surface area (Å²) in [4.78, 5) is 0. The third-order valence-corrected chi connectivity index (χ3v) is 3.91. The summed E-state index contributed by atoms with van der Waals surface area (Å²) in [6.07, 6.45) is 1.78. The molecule has 90 valence electrons. The third kappa shape index (κ3) is 1.76. The van der Waals surface area contributed by atoms with Gasteiger partial charge in [0, 0.05) is 21.9 Å². The van der Waals surface area contributed by atoms with E-state index < -0.39 is 0 Å². The van der Waals surface area contributed by atoms with Gasteiger partial charge in [-0.15, -0.1) is 10.2 Å². The monoisotopic (exact) mass is 322 g/mol. The third-order valence-electron chi connectivity index (χ3n) is 2.62. The van der Waals surface area contributed by atoms with Crippen LogP contribution in [0.3, 0.4) is 0 Å². The summed E-state index contributed by atoms with van der Waals surface area (Å²) >= 11 is 9.66. The van der Waals surface area contributed by atoms with Crippen molar-refractivity contribution in [2.24, 2.45) is 0 Å². The molecule has 2 aromatic heterocycles. The molecular formula is C12H8BrClN4. The number of benzene rings is 1. The molecule has 0 atom stereocenters. The van der Waals surface area contributed by atoms with E-state index in [0.717, 1.165) is 15.7 Å². The first-order valence-electron chi connectivity index (χ1n) is 5.21. The van der Waals surface area contributed by atoms with Crippen LogP contribution in [0.5, 0.6) is 0 Å². The second-order valence-corrected chi connectivity index (χ2v) is 5.05. The number of nitrogen functional groups attached to an aromatic ring is 1. The Balaban J connectivity index is 2.32. The van der Waals surface area contributed by atoms with Crippen LogP contribution in [0.15, 0.2) is 41.0 Å². The molecule has 0 bridgehead atoms. The van der Waals surface area contributed by atoms with Crippen molar-refractivity contribution in [1.29, 1.82) is 0 Å². The summed E-state index contributed by atoms with van der Waals surface area (Å²) in [6.45, 7) is 0. The van der Waals surface area contributed by atoms with E-state index in [-0.39, 0.29) is 0 Å². The first kappa shape index (κ1) is 11.5. The molecule has 2 heterocycles. The molecule has 1 aromatic carbocycles. The summed E-state index contributed by atoms with van der Waals surface area (Å²) in [7, 11) is 0. The van der Waals surface area contributed by atoms with Crippen molar-refractivity contribution in [3.63, 3.8) is 0 Å². The van der Waals surface area contributed by atoms with Crippen LogP contribution < -0.4 is 5.73 Å². The normalized spacial score (nSPS) is 11.0. The lowest BCUT2D eigenvalue weighted by Gasteiger charge is -2.04. The highest BCUT2D eigenvalue weighted by atomic mass is 79.9. The van der Waals surface area contributed by atoms with E-state index in [1.807, 2.05) is 28.7 Å². The fourth-order valence-electron chi connectivity index (χ4n) is 1.77. The van der Waals surface area contributed by atoms with Crippen molar-refractivity contribution in [3.05, 3.63) is 46.0 Å². The zero-order chi connectivity index (χ0) is 12.7. The summed E-state index contributed by atoms with van der Waals surface area (Å²) in [5.74, 6) is 0.670. The lowest BCUT2D eigenvalue weighted by atomic mass is 10.2. The second-order valence-electron chi connectivity index (χ2n) is 3.82. The van der Waals surface area contributed by atoms with Crippen molar-refractivity contribution >= 4 is 38.9 Å². The quantitative estimate of drug-likeness (QED) is 0.747. The molecule has 0 radical (unpaired) electrons. The van der Waals surface area contributed by atoms with E-state index in [4.69, 9.17) is 17.3 Å². The van der Waals surface area contributed by atoms with Gasteiger partial charge in [0.2, 0.25) is 0 Å². The standard InChI is InChI=1S/C12H8BrClN4/c13-9-3-1-2-8(11(9)14)12-17-16-10-5-4-7(15)6-18(10)12/h1-6H,15H2. The molecule has 0 fully saturated rings. The minimum Gasteiger partial charge on any atom is -0.398 e. The van der Waals surface area contributed by atoms with E-state index in [1.54, 1.807) is 12.3 Å². The minimum atomic E-state index is 0.606. The van der Waals surface area contributed by atoms with E-state index >= 15 is 0 Å². The predicted octanol–water partition coefficient (Wildman–Crippen LogP) is 3.39. The number of hydrogen-bond donors (Lipinski definition) is 1. The van der Waals surface area contributed by atoms with Crippen LogP contribution in [0.2, 0.25) is 5.02 Å². The van der Waals surface area contributed by atoms with Crippen LogP contribution >= 0.6 is 27.5 Å². The van der Waals surface area contributed by atoms with Gasteiger partial charge in [-0.05, 0) is 40.2 Å². The molecule has 0 unspecified atom stereocenters. The Labute approximate surface area is 117 Å². The maximum atomic E-state index is 6.27. The molecule has 0 aliphatic rings. The molecular weight excluding hydrogens is 316 g/mol. The maximum Gasteiger partial charge on any atom is 0.169 e.